The lowest BCUT2D eigenvalue weighted by atomic mass is 10.2. The molecule has 1 saturated heterocycles. The number of aryl methyl sites for hydroxylation is 1. The number of morpholine rings is 1. The first-order valence-corrected chi connectivity index (χ1v) is 9.00. The average molecular weight is 349 g/mol. The van der Waals surface area contributed by atoms with Gasteiger partial charge in [-0.25, -0.2) is 4.98 Å². The van der Waals surface area contributed by atoms with Crippen molar-refractivity contribution in [2.75, 3.05) is 26.2 Å². The summed E-state index contributed by atoms with van der Waals surface area (Å²) < 4.78 is 7.44. The third-order valence-corrected chi connectivity index (χ3v) is 4.79. The van der Waals surface area contributed by atoms with Crippen molar-refractivity contribution in [3.05, 3.63) is 23.5 Å². The summed E-state index contributed by atoms with van der Waals surface area (Å²) in [5, 5.41) is 9.67. The van der Waals surface area contributed by atoms with E-state index in [4.69, 9.17) is 4.74 Å². The molecule has 24 heavy (non-hydrogen) atoms. The van der Waals surface area contributed by atoms with Crippen LogP contribution in [0, 0.1) is 0 Å². The molecule has 0 aliphatic carbocycles. The van der Waals surface area contributed by atoms with Gasteiger partial charge in [0.25, 0.3) is 5.91 Å². The maximum Gasteiger partial charge on any atom is 0.270 e. The van der Waals surface area contributed by atoms with Crippen molar-refractivity contribution in [2.45, 2.75) is 26.1 Å². The van der Waals surface area contributed by atoms with Crippen molar-refractivity contribution in [2.24, 2.45) is 7.05 Å². The quantitative estimate of drug-likeness (QED) is 0.883. The summed E-state index contributed by atoms with van der Waals surface area (Å²) in [6.07, 6.45) is 4.12. The fourth-order valence-electron chi connectivity index (χ4n) is 2.93. The first kappa shape index (κ1) is 17.1. The Hall–Kier alpha value is -1.77. The molecule has 0 radical (unpaired) electrons. The number of ether oxygens (including phenoxy) is 1. The fourth-order valence-corrected chi connectivity index (χ4v) is 3.70. The Morgan fingerprint density at radius 3 is 2.83 bits per heavy atom. The second-order valence-electron chi connectivity index (χ2n) is 6.21. The molecule has 1 aliphatic heterocycles. The summed E-state index contributed by atoms with van der Waals surface area (Å²) in [6, 6.07) is 0. The van der Waals surface area contributed by atoms with E-state index in [-0.39, 0.29) is 18.1 Å². The molecular weight excluding hydrogens is 326 g/mol. The van der Waals surface area contributed by atoms with Gasteiger partial charge in [0.2, 0.25) is 0 Å². The highest BCUT2D eigenvalue weighted by Crippen LogP contribution is 2.22. The van der Waals surface area contributed by atoms with E-state index in [2.05, 4.69) is 34.1 Å². The summed E-state index contributed by atoms with van der Waals surface area (Å²) >= 11 is 1.45. The van der Waals surface area contributed by atoms with Gasteiger partial charge in [-0.3, -0.25) is 14.4 Å². The highest BCUT2D eigenvalue weighted by atomic mass is 32.1. The Morgan fingerprint density at radius 2 is 2.17 bits per heavy atom. The normalized spacial score (nSPS) is 21.8. The topological polar surface area (TPSA) is 72.3 Å². The summed E-state index contributed by atoms with van der Waals surface area (Å²) in [4.78, 5) is 19.0. The van der Waals surface area contributed by atoms with Crippen LogP contribution in [0.5, 0.6) is 0 Å². The third kappa shape index (κ3) is 4.19. The zero-order chi connectivity index (χ0) is 17.1. The van der Waals surface area contributed by atoms with Gasteiger partial charge in [0.1, 0.15) is 10.7 Å². The predicted molar refractivity (Wildman–Crippen MR) is 93.1 cm³/mol. The Morgan fingerprint density at radius 1 is 1.42 bits per heavy atom. The monoisotopic (exact) mass is 349 g/mol. The van der Waals surface area contributed by atoms with Crippen molar-refractivity contribution in [1.82, 2.24) is 25.0 Å². The van der Waals surface area contributed by atoms with Crippen LogP contribution >= 0.6 is 11.3 Å². The molecule has 2 atom stereocenters. The summed E-state index contributed by atoms with van der Waals surface area (Å²) in [5.41, 5.74) is 1.39. The number of amides is 1. The first-order valence-electron chi connectivity index (χ1n) is 8.12. The minimum absolute atomic E-state index is 0.129. The largest absolute Gasteiger partial charge is 0.373 e. The van der Waals surface area contributed by atoms with E-state index < -0.39 is 0 Å². The smallest absolute Gasteiger partial charge is 0.270 e. The van der Waals surface area contributed by atoms with Gasteiger partial charge in [-0.2, -0.15) is 5.10 Å². The fraction of sp³-hybridized carbons (Fsp3) is 0.562. The van der Waals surface area contributed by atoms with Gasteiger partial charge in [0.05, 0.1) is 18.4 Å². The average Bonchev–Trinajstić information content (AvgIpc) is 3.14. The molecule has 7 nitrogen and oxygen atoms in total. The molecule has 3 rings (SSSR count). The molecule has 130 valence electrons. The minimum Gasteiger partial charge on any atom is -0.373 e. The van der Waals surface area contributed by atoms with E-state index in [1.54, 1.807) is 16.3 Å². The molecular formula is C16H23N5O2S. The molecule has 2 aromatic heterocycles. The standard InChI is InChI=1S/C16H23N5O2S/c1-11-7-21(8-12(2)23-11)5-4-17-15(22)14-10-24-16(19-14)13-6-18-20(3)9-13/h6,9-12H,4-5,7-8H2,1-3H3,(H,17,22). The van der Waals surface area contributed by atoms with E-state index in [0.717, 1.165) is 30.2 Å². The summed E-state index contributed by atoms with van der Waals surface area (Å²) in [7, 11) is 1.86. The van der Waals surface area contributed by atoms with E-state index in [1.807, 2.05) is 13.2 Å². The van der Waals surface area contributed by atoms with Gasteiger partial charge < -0.3 is 10.1 Å². The second kappa shape index (κ2) is 7.42. The molecule has 1 aliphatic rings. The lowest BCUT2D eigenvalue weighted by molar-refractivity contribution is -0.0672. The predicted octanol–water partition coefficient (Wildman–Crippen LogP) is 1.38. The van der Waals surface area contributed by atoms with Crippen LogP contribution in [-0.2, 0) is 11.8 Å². The van der Waals surface area contributed by atoms with Gasteiger partial charge in [-0.1, -0.05) is 0 Å². The molecule has 2 aromatic rings. The van der Waals surface area contributed by atoms with E-state index in [0.29, 0.717) is 12.2 Å². The number of carbonyl (C=O) groups is 1. The molecule has 0 bridgehead atoms. The maximum atomic E-state index is 12.2. The molecule has 1 fully saturated rings. The SMILES string of the molecule is CC1CN(CCNC(=O)c2csc(-c3cnn(C)c3)n2)CC(C)O1. The second-order valence-corrected chi connectivity index (χ2v) is 7.07. The Bertz CT molecular complexity index is 688. The van der Waals surface area contributed by atoms with Crippen LogP contribution in [-0.4, -0.2) is 64.0 Å². The summed E-state index contributed by atoms with van der Waals surface area (Å²) in [5.74, 6) is -0.129. The number of nitrogens with one attached hydrogen (secondary N) is 1. The molecule has 1 N–H and O–H groups in total. The van der Waals surface area contributed by atoms with Crippen LogP contribution in [0.15, 0.2) is 17.8 Å². The highest BCUT2D eigenvalue weighted by Gasteiger charge is 2.22. The lowest BCUT2D eigenvalue weighted by Gasteiger charge is -2.35. The number of hydrogen-bond donors (Lipinski definition) is 1. The Kier molecular flexibility index (Phi) is 5.27. The van der Waals surface area contributed by atoms with Crippen molar-refractivity contribution in [1.29, 1.82) is 0 Å². The molecule has 3 heterocycles. The van der Waals surface area contributed by atoms with Gasteiger partial charge in [-0.05, 0) is 13.8 Å². The number of hydrogen-bond acceptors (Lipinski definition) is 6. The Labute approximate surface area is 145 Å². The van der Waals surface area contributed by atoms with Crippen molar-refractivity contribution in [3.8, 4) is 10.6 Å². The van der Waals surface area contributed by atoms with Crippen molar-refractivity contribution >= 4 is 17.2 Å². The van der Waals surface area contributed by atoms with E-state index in [1.165, 1.54) is 11.3 Å². The zero-order valence-corrected chi connectivity index (χ0v) is 15.0. The number of nitrogens with zero attached hydrogens (tertiary/aromatic N) is 4. The lowest BCUT2D eigenvalue weighted by Crippen LogP contribution is -2.47. The van der Waals surface area contributed by atoms with E-state index >= 15 is 0 Å². The first-order chi connectivity index (χ1) is 11.5. The molecule has 0 aromatic carbocycles. The highest BCUT2D eigenvalue weighted by molar-refractivity contribution is 7.13. The number of thiazole rings is 1. The maximum absolute atomic E-state index is 12.2. The molecule has 2 unspecified atom stereocenters. The van der Waals surface area contributed by atoms with Crippen LogP contribution < -0.4 is 5.32 Å². The molecule has 0 spiro atoms. The number of rotatable bonds is 5. The van der Waals surface area contributed by atoms with Crippen LogP contribution in [0.1, 0.15) is 24.3 Å². The van der Waals surface area contributed by atoms with Gasteiger partial charge in [-0.15, -0.1) is 11.3 Å². The number of carbonyl (C=O) groups excluding carboxylic acids is 1. The van der Waals surface area contributed by atoms with Gasteiger partial charge in [0.15, 0.2) is 0 Å². The van der Waals surface area contributed by atoms with E-state index in [9.17, 15) is 4.79 Å². The van der Waals surface area contributed by atoms with Crippen LogP contribution in [0.4, 0.5) is 0 Å². The summed E-state index contributed by atoms with van der Waals surface area (Å²) in [6.45, 7) is 7.40. The number of aromatic nitrogens is 3. The van der Waals surface area contributed by atoms with Gasteiger partial charge in [0, 0.05) is 50.4 Å². The van der Waals surface area contributed by atoms with Crippen LogP contribution in [0.25, 0.3) is 10.6 Å². The molecule has 1 amide bonds. The minimum atomic E-state index is -0.129. The zero-order valence-electron chi connectivity index (χ0n) is 14.2. The van der Waals surface area contributed by atoms with Gasteiger partial charge >= 0.3 is 0 Å². The van der Waals surface area contributed by atoms with Crippen LogP contribution in [0.2, 0.25) is 0 Å². The third-order valence-electron chi connectivity index (χ3n) is 3.90. The van der Waals surface area contributed by atoms with Crippen molar-refractivity contribution < 1.29 is 9.53 Å². The van der Waals surface area contributed by atoms with Crippen molar-refractivity contribution in [3.63, 3.8) is 0 Å². The van der Waals surface area contributed by atoms with Crippen LogP contribution in [0.3, 0.4) is 0 Å². The molecule has 0 saturated carbocycles. The Balaban J connectivity index is 1.50. The molecule has 8 heteroatoms.